The van der Waals surface area contributed by atoms with Crippen LogP contribution < -0.4 is 5.73 Å². The second kappa shape index (κ2) is 8.97. The van der Waals surface area contributed by atoms with Crippen molar-refractivity contribution in [2.75, 3.05) is 27.2 Å². The highest BCUT2D eigenvalue weighted by Crippen LogP contribution is 2.52. The maximum Gasteiger partial charge on any atom is 0.255 e. The number of hydrogen-bond donors (Lipinski definition) is 5. The number of ketones is 2. The Balaban J connectivity index is 1.60. The van der Waals surface area contributed by atoms with Crippen LogP contribution in [0.15, 0.2) is 34.8 Å². The predicted molar refractivity (Wildman–Crippen MR) is 133 cm³/mol. The van der Waals surface area contributed by atoms with Gasteiger partial charge in [-0.15, -0.1) is 0 Å². The van der Waals surface area contributed by atoms with Gasteiger partial charge in [-0.2, -0.15) is 0 Å². The first-order chi connectivity index (χ1) is 17.5. The number of hydrogen-bond acceptors (Lipinski definition) is 9. The number of rotatable bonds is 4. The summed E-state index contributed by atoms with van der Waals surface area (Å²) < 4.78 is 0. The van der Waals surface area contributed by atoms with Gasteiger partial charge >= 0.3 is 0 Å². The van der Waals surface area contributed by atoms with Crippen LogP contribution in [0.25, 0.3) is 0 Å². The van der Waals surface area contributed by atoms with E-state index >= 15 is 0 Å². The molecule has 4 aliphatic rings. The summed E-state index contributed by atoms with van der Waals surface area (Å²) in [6.45, 7) is 2.30. The lowest BCUT2D eigenvalue weighted by atomic mass is 9.58. The van der Waals surface area contributed by atoms with Crippen molar-refractivity contribution in [1.29, 1.82) is 0 Å². The number of amides is 1. The van der Waals surface area contributed by atoms with E-state index in [4.69, 9.17) is 5.73 Å². The molecule has 0 radical (unpaired) electrons. The summed E-state index contributed by atoms with van der Waals surface area (Å²) in [7, 11) is 3.21. The van der Waals surface area contributed by atoms with Gasteiger partial charge in [-0.1, -0.05) is 18.6 Å². The third kappa shape index (κ3) is 3.69. The number of likely N-dealkylation sites (tertiary alicyclic amines) is 1. The molecule has 6 N–H and O–H groups in total. The number of aliphatic hydroxyl groups excluding tert-OH is 2. The molecule has 0 aromatic heterocycles. The van der Waals surface area contributed by atoms with Gasteiger partial charge in [-0.3, -0.25) is 24.2 Å². The first-order valence-corrected chi connectivity index (χ1v) is 12.7. The van der Waals surface area contributed by atoms with Gasteiger partial charge in [0.15, 0.2) is 11.4 Å². The lowest BCUT2D eigenvalue weighted by Crippen LogP contribution is -2.63. The molecule has 1 aliphatic heterocycles. The molecule has 0 saturated carbocycles. The number of fused-ring (bicyclic) bond motifs is 3. The molecule has 1 fully saturated rings. The molecule has 5 rings (SSSR count). The zero-order chi connectivity index (χ0) is 26.8. The third-order valence-corrected chi connectivity index (χ3v) is 8.52. The predicted octanol–water partition coefficient (Wildman–Crippen LogP) is 1.11. The minimum Gasteiger partial charge on any atom is -0.510 e. The monoisotopic (exact) mass is 511 g/mol. The maximum absolute atomic E-state index is 13.8. The first-order valence-electron chi connectivity index (χ1n) is 12.7. The van der Waals surface area contributed by atoms with Gasteiger partial charge < -0.3 is 26.2 Å². The number of allylic oxidation sites excluding steroid dienone is 1. The summed E-state index contributed by atoms with van der Waals surface area (Å²) in [4.78, 5) is 42.9. The molecule has 1 aromatic carbocycles. The Labute approximate surface area is 214 Å². The first kappa shape index (κ1) is 25.4. The molecular formula is C27H33N3O7. The van der Waals surface area contributed by atoms with Gasteiger partial charge in [0.05, 0.1) is 11.6 Å². The Hall–Kier alpha value is -3.21. The lowest BCUT2D eigenvalue weighted by molar-refractivity contribution is -0.148. The molecule has 10 heteroatoms. The van der Waals surface area contributed by atoms with Crippen molar-refractivity contribution in [3.63, 3.8) is 0 Å². The standard InChI is InChI=1S/C27H33N3O7/c1-29(2)20-16-11-15-10-13-6-7-14(12-30-8-4-3-5-9-30)21(31)17(13)22(32)18(15)24(34)27(16,37)25(35)19(23(20)33)26(28)36/h6-7,15-16,20,31,33-34,37H,3-5,8-12H2,1-2H3,(H2,28,36)/t15-,16-,20-,27-/m0/s1. The van der Waals surface area contributed by atoms with Crippen LogP contribution in [0.2, 0.25) is 0 Å². The molecule has 1 heterocycles. The number of aromatic hydroxyl groups is 1. The molecule has 0 bridgehead atoms. The molecule has 1 saturated heterocycles. The largest absolute Gasteiger partial charge is 0.510 e. The van der Waals surface area contributed by atoms with E-state index in [0.717, 1.165) is 25.9 Å². The van der Waals surface area contributed by atoms with Crippen LogP contribution in [-0.4, -0.2) is 86.5 Å². The fraction of sp³-hybridized carbons (Fsp3) is 0.519. The lowest BCUT2D eigenvalue weighted by Gasteiger charge is -2.50. The highest BCUT2D eigenvalue weighted by molar-refractivity contribution is 6.24. The van der Waals surface area contributed by atoms with Crippen LogP contribution in [-0.2, 0) is 22.6 Å². The van der Waals surface area contributed by atoms with Crippen LogP contribution >= 0.6 is 0 Å². The van der Waals surface area contributed by atoms with Gasteiger partial charge in [0.25, 0.3) is 5.91 Å². The van der Waals surface area contributed by atoms with Crippen molar-refractivity contribution in [2.24, 2.45) is 17.6 Å². The summed E-state index contributed by atoms with van der Waals surface area (Å²) in [6.07, 6.45) is 3.70. The Morgan fingerprint density at radius 1 is 1.14 bits per heavy atom. The Morgan fingerprint density at radius 2 is 1.81 bits per heavy atom. The zero-order valence-electron chi connectivity index (χ0n) is 21.0. The fourth-order valence-electron chi connectivity index (χ4n) is 6.75. The second-order valence-corrected chi connectivity index (χ2v) is 10.9. The normalized spacial score (nSPS) is 30.3. The SMILES string of the molecule is CN(C)[C@@H]1C(O)=C(C(N)=O)C(=O)[C@@]2(O)C(O)=C3C(=O)c4c(ccc(CN5CCCCC5)c4O)C[C@H]3C[C@@H]12. The number of carbonyl (C=O) groups excluding carboxylic acids is 3. The minimum atomic E-state index is -2.62. The number of carbonyl (C=O) groups is 3. The average Bonchev–Trinajstić information content (AvgIpc) is 2.83. The molecule has 37 heavy (non-hydrogen) atoms. The number of Topliss-reactive ketones (excluding diaryl/α,β-unsaturated/α-hetero) is 2. The molecule has 3 aliphatic carbocycles. The molecule has 198 valence electrons. The number of nitrogens with zero attached hydrogens (tertiary/aromatic N) is 2. The second-order valence-electron chi connectivity index (χ2n) is 10.9. The number of primary amides is 1. The smallest absolute Gasteiger partial charge is 0.255 e. The van der Waals surface area contributed by atoms with E-state index < -0.39 is 58.0 Å². The summed E-state index contributed by atoms with van der Waals surface area (Å²) in [5.74, 6) is -6.26. The number of phenols is 1. The molecule has 10 nitrogen and oxygen atoms in total. The highest BCUT2D eigenvalue weighted by Gasteiger charge is 2.63. The molecule has 4 atom stereocenters. The summed E-state index contributed by atoms with van der Waals surface area (Å²) in [6, 6.07) is 2.65. The van der Waals surface area contributed by atoms with Crippen LogP contribution in [0.1, 0.15) is 47.2 Å². The number of benzene rings is 1. The fourth-order valence-corrected chi connectivity index (χ4v) is 6.75. The summed E-state index contributed by atoms with van der Waals surface area (Å²) >= 11 is 0. The third-order valence-electron chi connectivity index (χ3n) is 8.52. The average molecular weight is 512 g/mol. The number of nitrogens with two attached hydrogens (primary N) is 1. The van der Waals surface area contributed by atoms with E-state index in [1.165, 1.54) is 11.3 Å². The minimum absolute atomic E-state index is 0.0651. The number of phenolic OH excluding ortho intramolecular Hbond substituents is 1. The van der Waals surface area contributed by atoms with Crippen LogP contribution in [0.5, 0.6) is 5.75 Å². The van der Waals surface area contributed by atoms with Crippen LogP contribution in [0, 0.1) is 11.8 Å². The zero-order valence-corrected chi connectivity index (χ0v) is 21.0. The van der Waals surface area contributed by atoms with Crippen LogP contribution in [0.4, 0.5) is 0 Å². The van der Waals surface area contributed by atoms with E-state index in [9.17, 15) is 34.8 Å². The van der Waals surface area contributed by atoms with Gasteiger partial charge in [-0.25, -0.2) is 0 Å². The molecule has 0 unspecified atom stereocenters. The van der Waals surface area contributed by atoms with E-state index in [2.05, 4.69) is 4.90 Å². The van der Waals surface area contributed by atoms with E-state index in [1.807, 2.05) is 12.1 Å². The van der Waals surface area contributed by atoms with E-state index in [-0.39, 0.29) is 23.3 Å². The molecule has 0 spiro atoms. The van der Waals surface area contributed by atoms with Gasteiger partial charge in [0, 0.05) is 23.6 Å². The summed E-state index contributed by atoms with van der Waals surface area (Å²) in [5.41, 5.74) is 3.10. The number of aliphatic hydroxyl groups is 3. The highest BCUT2D eigenvalue weighted by atomic mass is 16.3. The van der Waals surface area contributed by atoms with Crippen molar-refractivity contribution in [3.8, 4) is 5.75 Å². The Bertz CT molecular complexity index is 1260. The van der Waals surface area contributed by atoms with Crippen molar-refractivity contribution in [3.05, 3.63) is 51.5 Å². The Kier molecular flexibility index (Phi) is 6.17. The maximum atomic E-state index is 13.8. The Morgan fingerprint density at radius 3 is 2.43 bits per heavy atom. The van der Waals surface area contributed by atoms with E-state index in [1.54, 1.807) is 14.1 Å². The van der Waals surface area contributed by atoms with Crippen molar-refractivity contribution in [1.82, 2.24) is 9.80 Å². The van der Waals surface area contributed by atoms with Crippen molar-refractivity contribution in [2.45, 2.75) is 50.3 Å². The molecule has 1 aromatic rings. The quantitative estimate of drug-likeness (QED) is 0.372. The van der Waals surface area contributed by atoms with Crippen molar-refractivity contribution < 1.29 is 34.8 Å². The van der Waals surface area contributed by atoms with Gasteiger partial charge in [0.1, 0.15) is 22.8 Å². The topological polar surface area (TPSA) is 165 Å². The van der Waals surface area contributed by atoms with Crippen molar-refractivity contribution >= 4 is 17.5 Å². The number of piperidine rings is 1. The molecule has 1 amide bonds. The van der Waals surface area contributed by atoms with Crippen LogP contribution in [0.3, 0.4) is 0 Å². The summed E-state index contributed by atoms with van der Waals surface area (Å²) in [5, 5.41) is 45.0. The number of likely N-dealkylation sites (N-methyl/N-ethyl adjacent to an activating group) is 1. The van der Waals surface area contributed by atoms with Gasteiger partial charge in [0.2, 0.25) is 5.78 Å². The molecular weight excluding hydrogens is 478 g/mol. The van der Waals surface area contributed by atoms with Gasteiger partial charge in [-0.05, 0) is 64.3 Å². The van der Waals surface area contributed by atoms with E-state index in [0.29, 0.717) is 24.1 Å².